The Bertz CT molecular complexity index is 1300. The van der Waals surface area contributed by atoms with Crippen molar-refractivity contribution in [2.75, 3.05) is 31.6 Å². The number of thiophene rings is 1. The molecular formula is C28H32ClN3O3S. The summed E-state index contributed by atoms with van der Waals surface area (Å²) in [5.41, 5.74) is 0.843. The fraction of sp³-hybridized carbons (Fsp3) is 0.500. The number of ether oxygens (including phenoxy) is 1. The lowest BCUT2D eigenvalue weighted by Crippen LogP contribution is -2.56. The zero-order valence-corrected chi connectivity index (χ0v) is 22.2. The molecule has 2 aliphatic heterocycles. The van der Waals surface area contributed by atoms with Crippen LogP contribution >= 0.6 is 22.9 Å². The zero-order valence-electron chi connectivity index (χ0n) is 20.7. The maximum atomic E-state index is 12.9. The summed E-state index contributed by atoms with van der Waals surface area (Å²) in [4.78, 5) is 22.3. The van der Waals surface area contributed by atoms with Gasteiger partial charge in [-0.3, -0.25) is 9.69 Å². The number of amides is 1. The second-order valence-corrected chi connectivity index (χ2v) is 12.6. The highest BCUT2D eigenvalue weighted by Gasteiger charge is 2.46. The Balaban J connectivity index is 1.15. The van der Waals surface area contributed by atoms with E-state index < -0.39 is 6.10 Å². The van der Waals surface area contributed by atoms with Gasteiger partial charge in [-0.15, -0.1) is 11.3 Å². The van der Waals surface area contributed by atoms with Crippen LogP contribution in [0.15, 0.2) is 36.5 Å². The molecule has 1 aliphatic carbocycles. The van der Waals surface area contributed by atoms with Gasteiger partial charge < -0.3 is 15.2 Å². The van der Waals surface area contributed by atoms with Crippen molar-refractivity contribution in [3.63, 3.8) is 0 Å². The van der Waals surface area contributed by atoms with E-state index in [1.807, 2.05) is 12.1 Å². The van der Waals surface area contributed by atoms with Gasteiger partial charge in [-0.1, -0.05) is 11.6 Å². The number of rotatable bonds is 5. The number of hydrogen-bond acceptors (Lipinski definition) is 6. The number of anilines is 1. The van der Waals surface area contributed by atoms with E-state index in [0.717, 1.165) is 53.7 Å². The van der Waals surface area contributed by atoms with Crippen molar-refractivity contribution in [3.05, 3.63) is 56.9 Å². The average molecular weight is 526 g/mol. The summed E-state index contributed by atoms with van der Waals surface area (Å²) in [5, 5.41) is 16.2. The van der Waals surface area contributed by atoms with E-state index in [4.69, 9.17) is 16.3 Å². The molecule has 0 bridgehead atoms. The number of aromatic nitrogens is 1. The molecule has 4 atom stereocenters. The van der Waals surface area contributed by atoms with Crippen LogP contribution in [0.25, 0.3) is 10.8 Å². The Labute approximate surface area is 220 Å². The van der Waals surface area contributed by atoms with E-state index in [2.05, 4.69) is 47.2 Å². The van der Waals surface area contributed by atoms with E-state index in [-0.39, 0.29) is 17.4 Å². The molecular weight excluding hydrogens is 494 g/mol. The van der Waals surface area contributed by atoms with Crippen molar-refractivity contribution in [2.24, 2.45) is 5.92 Å². The molecule has 6 rings (SSSR count). The average Bonchev–Trinajstić information content (AvgIpc) is 3.44. The van der Waals surface area contributed by atoms with Gasteiger partial charge in [0.1, 0.15) is 5.82 Å². The molecule has 190 valence electrons. The number of aliphatic hydroxyl groups excluding tert-OH is 1. The molecule has 6 nitrogen and oxygen atoms in total. The molecule has 3 aromatic rings. The normalized spacial score (nSPS) is 29.1. The lowest BCUT2D eigenvalue weighted by atomic mass is 9.85. The molecule has 3 aliphatic rings. The Hall–Kier alpha value is -2.03. The molecule has 1 aromatic carbocycles. The molecule has 0 unspecified atom stereocenters. The summed E-state index contributed by atoms with van der Waals surface area (Å²) in [6, 6.07) is 10.4. The van der Waals surface area contributed by atoms with Gasteiger partial charge in [0.15, 0.2) is 0 Å². The number of benzene rings is 1. The molecule has 0 radical (unpaired) electrons. The number of piperidine rings is 1. The molecule has 36 heavy (non-hydrogen) atoms. The third kappa shape index (κ3) is 4.45. The third-order valence-corrected chi connectivity index (χ3v) is 9.85. The summed E-state index contributed by atoms with van der Waals surface area (Å²) >= 11 is 8.51. The van der Waals surface area contributed by atoms with Crippen LogP contribution in [0, 0.1) is 12.8 Å². The van der Waals surface area contributed by atoms with Crippen molar-refractivity contribution >= 4 is 45.4 Å². The Kier molecular flexibility index (Phi) is 6.33. The van der Waals surface area contributed by atoms with Crippen LogP contribution in [0.2, 0.25) is 5.02 Å². The molecule has 4 heterocycles. The van der Waals surface area contributed by atoms with E-state index in [1.54, 1.807) is 17.5 Å². The number of carbonyl (C=O) groups excluding carboxylic acids is 1. The molecule has 8 heteroatoms. The van der Waals surface area contributed by atoms with E-state index in [0.29, 0.717) is 30.9 Å². The quantitative estimate of drug-likeness (QED) is 0.471. The first-order chi connectivity index (χ1) is 17.3. The van der Waals surface area contributed by atoms with Gasteiger partial charge in [0, 0.05) is 38.2 Å². The molecule has 2 aromatic heterocycles. The lowest BCUT2D eigenvalue weighted by molar-refractivity contribution is -0.117. The highest BCUT2D eigenvalue weighted by Crippen LogP contribution is 2.50. The van der Waals surface area contributed by atoms with Crippen molar-refractivity contribution in [1.29, 1.82) is 0 Å². The summed E-state index contributed by atoms with van der Waals surface area (Å²) in [5.74, 6) is 1.35. The second-order valence-electron chi connectivity index (χ2n) is 10.8. The first kappa shape index (κ1) is 24.3. The number of aryl methyl sites for hydroxylation is 1. The summed E-state index contributed by atoms with van der Waals surface area (Å²) < 4.78 is 5.54. The van der Waals surface area contributed by atoms with Crippen LogP contribution in [0.3, 0.4) is 0 Å². The van der Waals surface area contributed by atoms with Gasteiger partial charge in [-0.2, -0.15) is 0 Å². The standard InChI is InChI=1S/C28H32ClN3O3S/c1-16-3-4-24(36-16)21-12-22(21)27(34)31-26-11-18-9-20(23(29)10-19(18)13-30-26)17-5-7-32(8-6-17)28(2)15-35-14-25(28)33/h3-4,9-11,13,17,21-22,25,33H,5-8,12,14-15H2,1-2H3,(H,30,31,34)/t21-,22-,25+,28-/m0/s1. The van der Waals surface area contributed by atoms with E-state index in [9.17, 15) is 9.90 Å². The molecule has 3 fully saturated rings. The minimum atomic E-state index is -0.445. The number of nitrogens with zero attached hydrogens (tertiary/aromatic N) is 2. The fourth-order valence-electron chi connectivity index (χ4n) is 5.89. The highest BCUT2D eigenvalue weighted by molar-refractivity contribution is 7.12. The van der Waals surface area contributed by atoms with Gasteiger partial charge in [-0.05, 0) is 93.4 Å². The van der Waals surface area contributed by atoms with Crippen LogP contribution < -0.4 is 5.32 Å². The fourth-order valence-corrected chi connectivity index (χ4v) is 7.27. The van der Waals surface area contributed by atoms with Crippen LogP contribution in [0.4, 0.5) is 5.82 Å². The lowest BCUT2D eigenvalue weighted by Gasteiger charge is -2.43. The van der Waals surface area contributed by atoms with Gasteiger partial charge >= 0.3 is 0 Å². The number of hydrogen-bond donors (Lipinski definition) is 2. The summed E-state index contributed by atoms with van der Waals surface area (Å²) in [6.07, 6.45) is 4.21. The monoisotopic (exact) mass is 525 g/mol. The molecule has 1 amide bonds. The maximum absolute atomic E-state index is 12.9. The van der Waals surface area contributed by atoms with Gasteiger partial charge in [-0.25, -0.2) is 4.98 Å². The summed E-state index contributed by atoms with van der Waals surface area (Å²) in [6.45, 7) is 6.99. The highest BCUT2D eigenvalue weighted by atomic mass is 35.5. The first-order valence-corrected chi connectivity index (χ1v) is 14.0. The maximum Gasteiger partial charge on any atom is 0.229 e. The smallest absolute Gasteiger partial charge is 0.229 e. The van der Waals surface area contributed by atoms with Crippen molar-refractivity contribution in [2.45, 2.75) is 56.6 Å². The number of aliphatic hydroxyl groups is 1. The second kappa shape index (κ2) is 9.37. The van der Waals surface area contributed by atoms with Crippen LogP contribution in [0.5, 0.6) is 0 Å². The zero-order chi connectivity index (χ0) is 25.0. The van der Waals surface area contributed by atoms with Crippen LogP contribution in [-0.4, -0.2) is 58.8 Å². The van der Waals surface area contributed by atoms with Gasteiger partial charge in [0.25, 0.3) is 0 Å². The van der Waals surface area contributed by atoms with Crippen LogP contribution in [-0.2, 0) is 9.53 Å². The number of likely N-dealkylation sites (tertiary alicyclic amines) is 1. The van der Waals surface area contributed by atoms with Crippen LogP contribution in [0.1, 0.15) is 53.3 Å². The third-order valence-electron chi connectivity index (χ3n) is 8.39. The van der Waals surface area contributed by atoms with Crippen molar-refractivity contribution in [3.8, 4) is 0 Å². The van der Waals surface area contributed by atoms with Gasteiger partial charge in [0.2, 0.25) is 5.91 Å². The first-order valence-electron chi connectivity index (χ1n) is 12.8. The largest absolute Gasteiger partial charge is 0.389 e. The van der Waals surface area contributed by atoms with E-state index in [1.165, 1.54) is 9.75 Å². The predicted octanol–water partition coefficient (Wildman–Crippen LogP) is 5.33. The molecule has 2 N–H and O–H groups in total. The minimum absolute atomic E-state index is 0.0251. The van der Waals surface area contributed by atoms with E-state index >= 15 is 0 Å². The Morgan fingerprint density at radius 1 is 1.25 bits per heavy atom. The molecule has 1 saturated carbocycles. The number of nitrogens with one attached hydrogen (secondary N) is 1. The molecule has 0 spiro atoms. The predicted molar refractivity (Wildman–Crippen MR) is 144 cm³/mol. The number of carbonyl (C=O) groups is 1. The number of pyridine rings is 1. The summed E-state index contributed by atoms with van der Waals surface area (Å²) in [7, 11) is 0. The SMILES string of the molecule is Cc1ccc([C@H]2C[C@@H]2C(=O)Nc2cc3cc(C4CCN([C@@]5(C)COC[C@H]5O)CC4)c(Cl)cc3cn2)s1. The topological polar surface area (TPSA) is 74.7 Å². The van der Waals surface area contributed by atoms with Gasteiger partial charge in [0.05, 0.1) is 24.9 Å². The Morgan fingerprint density at radius 2 is 2.06 bits per heavy atom. The van der Waals surface area contributed by atoms with Crippen molar-refractivity contribution < 1.29 is 14.6 Å². The Morgan fingerprint density at radius 3 is 2.75 bits per heavy atom. The minimum Gasteiger partial charge on any atom is -0.389 e. The van der Waals surface area contributed by atoms with Crippen molar-refractivity contribution in [1.82, 2.24) is 9.88 Å². The number of fused-ring (bicyclic) bond motifs is 1. The number of halogens is 1. The molecule has 2 saturated heterocycles.